The Bertz CT molecular complexity index is 265. The summed E-state index contributed by atoms with van der Waals surface area (Å²) < 4.78 is 5.94. The number of rotatable bonds is 6. The quantitative estimate of drug-likeness (QED) is 0.791. The summed E-state index contributed by atoms with van der Waals surface area (Å²) in [6.45, 7) is 9.67. The summed E-state index contributed by atoms with van der Waals surface area (Å²) >= 11 is 0. The molecule has 0 aromatic heterocycles. The molecule has 3 nitrogen and oxygen atoms in total. The molecule has 18 heavy (non-hydrogen) atoms. The van der Waals surface area contributed by atoms with E-state index in [2.05, 4.69) is 25.7 Å². The first-order valence-corrected chi connectivity index (χ1v) is 7.71. The summed E-state index contributed by atoms with van der Waals surface area (Å²) in [6.07, 6.45) is 6.59. The lowest BCUT2D eigenvalue weighted by Crippen LogP contribution is -2.60. The highest BCUT2D eigenvalue weighted by Crippen LogP contribution is 2.40. The molecule has 2 fully saturated rings. The van der Waals surface area contributed by atoms with Crippen molar-refractivity contribution in [1.82, 2.24) is 4.90 Å². The van der Waals surface area contributed by atoms with E-state index in [9.17, 15) is 0 Å². The number of nitrogens with zero attached hydrogens (tertiary/aromatic N) is 1. The average Bonchev–Trinajstić information content (AvgIpc) is 3.20. The Morgan fingerprint density at radius 1 is 1.39 bits per heavy atom. The van der Waals surface area contributed by atoms with E-state index in [4.69, 9.17) is 10.5 Å². The summed E-state index contributed by atoms with van der Waals surface area (Å²) in [6, 6.07) is 0.805. The van der Waals surface area contributed by atoms with Crippen molar-refractivity contribution in [3.63, 3.8) is 0 Å². The van der Waals surface area contributed by atoms with Gasteiger partial charge in [0.25, 0.3) is 0 Å². The van der Waals surface area contributed by atoms with Gasteiger partial charge in [-0.2, -0.15) is 0 Å². The van der Waals surface area contributed by atoms with Gasteiger partial charge in [-0.15, -0.1) is 0 Å². The Morgan fingerprint density at radius 2 is 2.11 bits per heavy atom. The molecular weight excluding hydrogens is 224 g/mol. The zero-order chi connectivity index (χ0) is 13.2. The monoisotopic (exact) mass is 254 g/mol. The van der Waals surface area contributed by atoms with Crippen LogP contribution in [0.5, 0.6) is 0 Å². The van der Waals surface area contributed by atoms with Crippen LogP contribution < -0.4 is 5.73 Å². The Kier molecular flexibility index (Phi) is 4.68. The van der Waals surface area contributed by atoms with Gasteiger partial charge in [-0.1, -0.05) is 20.8 Å². The molecule has 2 aliphatic rings. The van der Waals surface area contributed by atoms with Gasteiger partial charge in [0.05, 0.1) is 6.10 Å². The molecule has 3 heteroatoms. The first-order valence-electron chi connectivity index (χ1n) is 7.71. The van der Waals surface area contributed by atoms with Gasteiger partial charge in [-0.25, -0.2) is 0 Å². The second kappa shape index (κ2) is 5.89. The predicted molar refractivity (Wildman–Crippen MR) is 75.6 cm³/mol. The van der Waals surface area contributed by atoms with E-state index in [1.54, 1.807) is 0 Å². The molecule has 106 valence electrons. The van der Waals surface area contributed by atoms with Crippen LogP contribution in [0.15, 0.2) is 0 Å². The minimum atomic E-state index is 0.213. The van der Waals surface area contributed by atoms with Crippen LogP contribution in [0.25, 0.3) is 0 Å². The highest BCUT2D eigenvalue weighted by Gasteiger charge is 2.46. The molecular formula is C15H30N2O. The molecule has 2 atom stereocenters. The highest BCUT2D eigenvalue weighted by molar-refractivity contribution is 5.02. The number of hydrogen-bond acceptors (Lipinski definition) is 3. The number of hydrogen-bond donors (Lipinski definition) is 1. The molecule has 0 bridgehead atoms. The SMILES string of the molecule is CCCN(C1CC1)C1(CN)CCOC(C(C)C)C1. The van der Waals surface area contributed by atoms with Crippen molar-refractivity contribution >= 4 is 0 Å². The van der Waals surface area contributed by atoms with E-state index in [1.165, 1.54) is 25.8 Å². The van der Waals surface area contributed by atoms with Gasteiger partial charge in [-0.05, 0) is 44.6 Å². The van der Waals surface area contributed by atoms with Gasteiger partial charge in [0.1, 0.15) is 0 Å². The molecule has 0 radical (unpaired) electrons. The Balaban J connectivity index is 2.11. The van der Waals surface area contributed by atoms with Gasteiger partial charge in [-0.3, -0.25) is 4.90 Å². The highest BCUT2D eigenvalue weighted by atomic mass is 16.5. The number of nitrogens with two attached hydrogens (primary N) is 1. The number of ether oxygens (including phenoxy) is 1. The van der Waals surface area contributed by atoms with E-state index in [-0.39, 0.29) is 5.54 Å². The Labute approximate surface area is 112 Å². The van der Waals surface area contributed by atoms with E-state index in [0.717, 1.165) is 32.0 Å². The summed E-state index contributed by atoms with van der Waals surface area (Å²) in [4.78, 5) is 2.73. The predicted octanol–water partition coefficient (Wildman–Crippen LogP) is 2.39. The fourth-order valence-corrected chi connectivity index (χ4v) is 3.36. The lowest BCUT2D eigenvalue weighted by Gasteiger charge is -2.49. The largest absolute Gasteiger partial charge is 0.378 e. The molecule has 0 aromatic carbocycles. The molecule has 1 aliphatic heterocycles. The van der Waals surface area contributed by atoms with Crippen molar-refractivity contribution in [3.8, 4) is 0 Å². The summed E-state index contributed by atoms with van der Waals surface area (Å²) in [5, 5.41) is 0. The molecule has 1 aliphatic carbocycles. The second-order valence-corrected chi connectivity index (χ2v) is 6.46. The zero-order valence-corrected chi connectivity index (χ0v) is 12.3. The molecule has 0 amide bonds. The Hall–Kier alpha value is -0.120. The Morgan fingerprint density at radius 3 is 2.61 bits per heavy atom. The third kappa shape index (κ3) is 2.89. The smallest absolute Gasteiger partial charge is 0.0616 e. The minimum absolute atomic E-state index is 0.213. The van der Waals surface area contributed by atoms with Crippen molar-refractivity contribution in [2.75, 3.05) is 19.7 Å². The minimum Gasteiger partial charge on any atom is -0.378 e. The zero-order valence-electron chi connectivity index (χ0n) is 12.3. The molecule has 0 spiro atoms. The van der Waals surface area contributed by atoms with Crippen LogP contribution in [0.2, 0.25) is 0 Å². The molecule has 2 unspecified atom stereocenters. The van der Waals surface area contributed by atoms with Crippen molar-refractivity contribution in [2.24, 2.45) is 11.7 Å². The molecule has 0 aromatic rings. The maximum atomic E-state index is 6.20. The summed E-state index contributed by atoms with van der Waals surface area (Å²) in [5.74, 6) is 0.596. The average molecular weight is 254 g/mol. The lowest BCUT2D eigenvalue weighted by molar-refractivity contribution is -0.0900. The second-order valence-electron chi connectivity index (χ2n) is 6.46. The van der Waals surface area contributed by atoms with Crippen molar-refractivity contribution < 1.29 is 4.74 Å². The summed E-state index contributed by atoms with van der Waals surface area (Å²) in [7, 11) is 0. The molecule has 1 saturated heterocycles. The van der Waals surface area contributed by atoms with Crippen LogP contribution >= 0.6 is 0 Å². The normalized spacial score (nSPS) is 33.3. The topological polar surface area (TPSA) is 38.5 Å². The van der Waals surface area contributed by atoms with E-state index >= 15 is 0 Å². The maximum absolute atomic E-state index is 6.20. The van der Waals surface area contributed by atoms with E-state index in [0.29, 0.717) is 12.0 Å². The van der Waals surface area contributed by atoms with Gasteiger partial charge in [0.2, 0.25) is 0 Å². The van der Waals surface area contributed by atoms with Crippen LogP contribution in [-0.2, 0) is 4.74 Å². The van der Waals surface area contributed by atoms with Crippen LogP contribution in [0.3, 0.4) is 0 Å². The third-order valence-electron chi connectivity index (χ3n) is 4.67. The first-order chi connectivity index (χ1) is 8.63. The van der Waals surface area contributed by atoms with Crippen LogP contribution in [0, 0.1) is 5.92 Å². The summed E-state index contributed by atoms with van der Waals surface area (Å²) in [5.41, 5.74) is 6.41. The van der Waals surface area contributed by atoms with Gasteiger partial charge in [0.15, 0.2) is 0 Å². The fourth-order valence-electron chi connectivity index (χ4n) is 3.36. The molecule has 1 saturated carbocycles. The van der Waals surface area contributed by atoms with Crippen LogP contribution in [0.1, 0.15) is 52.9 Å². The van der Waals surface area contributed by atoms with Crippen molar-refractivity contribution in [2.45, 2.75) is 70.6 Å². The molecule has 2 rings (SSSR count). The maximum Gasteiger partial charge on any atom is 0.0616 e. The standard InChI is InChI=1S/C15H30N2O/c1-4-8-17(13-5-6-13)15(11-16)7-9-18-14(10-15)12(2)3/h12-14H,4-11,16H2,1-3H3. The van der Waals surface area contributed by atoms with E-state index < -0.39 is 0 Å². The third-order valence-corrected chi connectivity index (χ3v) is 4.67. The van der Waals surface area contributed by atoms with E-state index in [1.807, 2.05) is 0 Å². The first kappa shape index (κ1) is 14.3. The van der Waals surface area contributed by atoms with Crippen LogP contribution in [-0.4, -0.2) is 42.3 Å². The van der Waals surface area contributed by atoms with Crippen molar-refractivity contribution in [1.29, 1.82) is 0 Å². The van der Waals surface area contributed by atoms with Gasteiger partial charge >= 0.3 is 0 Å². The van der Waals surface area contributed by atoms with Gasteiger partial charge in [0, 0.05) is 24.7 Å². The van der Waals surface area contributed by atoms with Gasteiger partial charge < -0.3 is 10.5 Å². The molecule has 2 N–H and O–H groups in total. The fraction of sp³-hybridized carbons (Fsp3) is 1.00. The lowest BCUT2D eigenvalue weighted by atomic mass is 9.81. The molecule has 1 heterocycles. The van der Waals surface area contributed by atoms with Crippen molar-refractivity contribution in [3.05, 3.63) is 0 Å². The van der Waals surface area contributed by atoms with Crippen LogP contribution in [0.4, 0.5) is 0 Å².